The SMILES string of the molecule is CSc1ccc(-c2noc(Cn3cnc4c(sc5ccccc54)c3=O)n2)cc1. The maximum Gasteiger partial charge on any atom is 0.271 e. The van der Waals surface area contributed by atoms with E-state index >= 15 is 0 Å². The molecule has 0 atom stereocenters. The third-order valence-corrected chi connectivity index (χ3v) is 6.36. The van der Waals surface area contributed by atoms with Gasteiger partial charge in [0.05, 0.1) is 11.8 Å². The summed E-state index contributed by atoms with van der Waals surface area (Å²) >= 11 is 3.13. The van der Waals surface area contributed by atoms with Crippen LogP contribution >= 0.6 is 23.1 Å². The Morgan fingerprint density at radius 1 is 1.14 bits per heavy atom. The van der Waals surface area contributed by atoms with Gasteiger partial charge in [0.2, 0.25) is 11.7 Å². The van der Waals surface area contributed by atoms with Gasteiger partial charge < -0.3 is 4.52 Å². The number of hydrogen-bond donors (Lipinski definition) is 0. The fourth-order valence-corrected chi connectivity index (χ4v) is 4.56. The van der Waals surface area contributed by atoms with Gasteiger partial charge in [-0.3, -0.25) is 9.36 Å². The molecule has 0 amide bonds. The van der Waals surface area contributed by atoms with Crippen LogP contribution in [0.4, 0.5) is 0 Å². The topological polar surface area (TPSA) is 73.8 Å². The van der Waals surface area contributed by atoms with Crippen LogP contribution in [0.15, 0.2) is 69.1 Å². The number of thioether (sulfide) groups is 1. The predicted octanol–water partition coefficient (Wildman–Crippen LogP) is 4.43. The zero-order valence-corrected chi connectivity index (χ0v) is 16.5. The second-order valence-electron chi connectivity index (χ2n) is 6.19. The molecule has 0 aliphatic rings. The summed E-state index contributed by atoms with van der Waals surface area (Å²) in [6, 6.07) is 15.8. The normalized spacial score (nSPS) is 11.5. The van der Waals surface area contributed by atoms with Gasteiger partial charge in [0.1, 0.15) is 11.2 Å². The second kappa shape index (κ2) is 6.88. The van der Waals surface area contributed by atoms with E-state index in [0.717, 1.165) is 21.2 Å². The molecule has 0 saturated heterocycles. The fraction of sp³-hybridized carbons (Fsp3) is 0.100. The minimum absolute atomic E-state index is 0.102. The van der Waals surface area contributed by atoms with Crippen molar-refractivity contribution in [3.63, 3.8) is 0 Å². The van der Waals surface area contributed by atoms with Crippen LogP contribution in [0.2, 0.25) is 0 Å². The Kier molecular flexibility index (Phi) is 4.22. The summed E-state index contributed by atoms with van der Waals surface area (Å²) in [5, 5.41) is 5.04. The van der Waals surface area contributed by atoms with E-state index in [0.29, 0.717) is 16.4 Å². The van der Waals surface area contributed by atoms with Crippen molar-refractivity contribution in [1.82, 2.24) is 19.7 Å². The molecule has 3 heterocycles. The van der Waals surface area contributed by atoms with E-state index in [1.165, 1.54) is 20.8 Å². The number of nitrogens with zero attached hydrogens (tertiary/aromatic N) is 4. The molecule has 0 radical (unpaired) electrons. The van der Waals surface area contributed by atoms with Crippen molar-refractivity contribution in [2.75, 3.05) is 6.26 Å². The van der Waals surface area contributed by atoms with Gasteiger partial charge >= 0.3 is 0 Å². The average molecular weight is 406 g/mol. The van der Waals surface area contributed by atoms with Crippen LogP contribution in [0.5, 0.6) is 0 Å². The van der Waals surface area contributed by atoms with Gasteiger partial charge in [0.15, 0.2) is 0 Å². The summed E-state index contributed by atoms with van der Waals surface area (Å²) in [7, 11) is 0. The van der Waals surface area contributed by atoms with E-state index in [-0.39, 0.29) is 12.1 Å². The summed E-state index contributed by atoms with van der Waals surface area (Å²) in [4.78, 5) is 23.0. The monoisotopic (exact) mass is 406 g/mol. The van der Waals surface area contributed by atoms with Gasteiger partial charge in [-0.25, -0.2) is 4.98 Å². The van der Waals surface area contributed by atoms with Crippen molar-refractivity contribution in [2.24, 2.45) is 0 Å². The molecule has 0 aliphatic carbocycles. The van der Waals surface area contributed by atoms with Crippen molar-refractivity contribution >= 4 is 43.4 Å². The Labute approximate surface area is 167 Å². The molecule has 5 aromatic rings. The average Bonchev–Trinajstić information content (AvgIpc) is 3.35. The third-order valence-electron chi connectivity index (χ3n) is 4.47. The van der Waals surface area contributed by atoms with E-state index in [1.54, 1.807) is 18.1 Å². The van der Waals surface area contributed by atoms with E-state index in [2.05, 4.69) is 15.1 Å². The molecule has 0 bridgehead atoms. The van der Waals surface area contributed by atoms with Gasteiger partial charge in [-0.05, 0) is 36.6 Å². The molecule has 0 aliphatic heterocycles. The molecule has 138 valence electrons. The number of benzene rings is 2. The lowest BCUT2D eigenvalue weighted by molar-refractivity contribution is 0.370. The Morgan fingerprint density at radius 2 is 1.96 bits per heavy atom. The summed E-state index contributed by atoms with van der Waals surface area (Å²) in [5.74, 6) is 0.875. The van der Waals surface area contributed by atoms with Crippen LogP contribution in [0.1, 0.15) is 5.89 Å². The van der Waals surface area contributed by atoms with Crippen LogP contribution in [-0.4, -0.2) is 25.9 Å². The van der Waals surface area contributed by atoms with Gasteiger partial charge in [-0.1, -0.05) is 23.4 Å². The first-order chi connectivity index (χ1) is 13.7. The van der Waals surface area contributed by atoms with Crippen LogP contribution in [0, 0.1) is 0 Å². The minimum Gasteiger partial charge on any atom is -0.337 e. The molecule has 2 aromatic carbocycles. The second-order valence-corrected chi connectivity index (χ2v) is 8.13. The minimum atomic E-state index is -0.102. The van der Waals surface area contributed by atoms with E-state index < -0.39 is 0 Å². The number of hydrogen-bond acceptors (Lipinski definition) is 7. The molecule has 6 nitrogen and oxygen atoms in total. The fourth-order valence-electron chi connectivity index (χ4n) is 3.05. The molecule has 0 fully saturated rings. The van der Waals surface area contributed by atoms with E-state index in [1.807, 2.05) is 54.8 Å². The summed E-state index contributed by atoms with van der Waals surface area (Å²) in [5.41, 5.74) is 1.51. The zero-order valence-electron chi connectivity index (χ0n) is 14.8. The lowest BCUT2D eigenvalue weighted by atomic mass is 10.2. The highest BCUT2D eigenvalue weighted by Gasteiger charge is 2.14. The summed E-state index contributed by atoms with van der Waals surface area (Å²) in [6.07, 6.45) is 3.57. The Balaban J connectivity index is 1.48. The number of fused-ring (bicyclic) bond motifs is 3. The number of rotatable bonds is 4. The first kappa shape index (κ1) is 17.2. The van der Waals surface area contributed by atoms with E-state index in [4.69, 9.17) is 4.52 Å². The van der Waals surface area contributed by atoms with Crippen molar-refractivity contribution in [3.8, 4) is 11.4 Å². The highest BCUT2D eigenvalue weighted by Crippen LogP contribution is 2.29. The Hall–Kier alpha value is -2.97. The zero-order chi connectivity index (χ0) is 19.1. The molecule has 28 heavy (non-hydrogen) atoms. The van der Waals surface area contributed by atoms with Crippen molar-refractivity contribution < 1.29 is 4.52 Å². The summed E-state index contributed by atoms with van der Waals surface area (Å²) in [6.45, 7) is 0.186. The standard InChI is InChI=1S/C20H14N4O2S2/c1-27-13-8-6-12(7-9-13)19-22-16(26-23-19)10-24-11-21-17-14-4-2-3-5-15(14)28-18(17)20(24)25/h2-9,11H,10H2,1H3. The van der Waals surface area contributed by atoms with Gasteiger partial charge in [-0.2, -0.15) is 4.98 Å². The smallest absolute Gasteiger partial charge is 0.271 e. The van der Waals surface area contributed by atoms with E-state index in [9.17, 15) is 4.79 Å². The Bertz CT molecular complexity index is 1350. The first-order valence-corrected chi connectivity index (χ1v) is 10.6. The van der Waals surface area contributed by atoms with Crippen LogP contribution < -0.4 is 5.56 Å². The van der Waals surface area contributed by atoms with Crippen LogP contribution in [0.3, 0.4) is 0 Å². The quantitative estimate of drug-likeness (QED) is 0.411. The Morgan fingerprint density at radius 3 is 2.79 bits per heavy atom. The summed E-state index contributed by atoms with van der Waals surface area (Å²) < 4.78 is 8.55. The lowest BCUT2D eigenvalue weighted by Crippen LogP contribution is -2.20. The first-order valence-electron chi connectivity index (χ1n) is 8.56. The molecular weight excluding hydrogens is 392 g/mol. The van der Waals surface area contributed by atoms with Gasteiger partial charge in [-0.15, -0.1) is 23.1 Å². The number of aromatic nitrogens is 4. The molecule has 0 saturated carbocycles. The molecule has 0 unspecified atom stereocenters. The molecule has 0 N–H and O–H groups in total. The maximum atomic E-state index is 12.9. The maximum absolute atomic E-state index is 12.9. The number of thiophene rings is 1. The van der Waals surface area contributed by atoms with Crippen LogP contribution in [0.25, 0.3) is 31.7 Å². The molecular formula is C20H14N4O2S2. The van der Waals surface area contributed by atoms with Crippen molar-refractivity contribution in [1.29, 1.82) is 0 Å². The van der Waals surface area contributed by atoms with Gasteiger partial charge in [0.25, 0.3) is 5.56 Å². The molecule has 3 aromatic heterocycles. The van der Waals surface area contributed by atoms with Crippen molar-refractivity contribution in [3.05, 3.63) is 71.1 Å². The highest BCUT2D eigenvalue weighted by atomic mass is 32.2. The van der Waals surface area contributed by atoms with Crippen molar-refractivity contribution in [2.45, 2.75) is 11.4 Å². The third kappa shape index (κ3) is 2.90. The van der Waals surface area contributed by atoms with Gasteiger partial charge in [0, 0.05) is 20.5 Å². The molecule has 0 spiro atoms. The highest BCUT2D eigenvalue weighted by molar-refractivity contribution is 7.98. The van der Waals surface area contributed by atoms with Crippen LogP contribution in [-0.2, 0) is 6.54 Å². The molecule has 8 heteroatoms. The largest absolute Gasteiger partial charge is 0.337 e. The lowest BCUT2D eigenvalue weighted by Gasteiger charge is -2.01. The molecule has 5 rings (SSSR count). The predicted molar refractivity (Wildman–Crippen MR) is 112 cm³/mol.